The summed E-state index contributed by atoms with van der Waals surface area (Å²) in [4.78, 5) is 38.2. The number of pyridine rings is 1. The van der Waals surface area contributed by atoms with Crippen LogP contribution in [0.1, 0.15) is 16.4 Å². The summed E-state index contributed by atoms with van der Waals surface area (Å²) in [6, 6.07) is 12.7. The Labute approximate surface area is 208 Å². The fraction of sp³-hybridized carbons (Fsp3) is 0.360. The van der Waals surface area contributed by atoms with Gasteiger partial charge in [-0.2, -0.15) is 0 Å². The van der Waals surface area contributed by atoms with Gasteiger partial charge in [0.05, 0.1) is 49.3 Å². The van der Waals surface area contributed by atoms with E-state index in [9.17, 15) is 9.59 Å². The lowest BCUT2D eigenvalue weighted by molar-refractivity contribution is -0.140. The van der Waals surface area contributed by atoms with Gasteiger partial charge in [-0.25, -0.2) is 4.98 Å². The van der Waals surface area contributed by atoms with Gasteiger partial charge in [0.2, 0.25) is 5.91 Å². The molecule has 2 amide bonds. The Morgan fingerprint density at radius 2 is 1.91 bits per heavy atom. The smallest absolute Gasteiger partial charge is 0.261 e. The zero-order chi connectivity index (χ0) is 24.6. The second kappa shape index (κ2) is 11.8. The highest BCUT2D eigenvalue weighted by Gasteiger charge is 2.31. The van der Waals surface area contributed by atoms with Crippen LogP contribution in [-0.2, 0) is 27.5 Å². The maximum Gasteiger partial charge on any atom is 0.261 e. The molecule has 0 aliphatic carbocycles. The van der Waals surface area contributed by atoms with Crippen molar-refractivity contribution in [1.29, 1.82) is 0 Å². The van der Waals surface area contributed by atoms with E-state index < -0.39 is 6.10 Å². The Morgan fingerprint density at radius 3 is 2.63 bits per heavy atom. The van der Waals surface area contributed by atoms with Crippen molar-refractivity contribution in [2.45, 2.75) is 26.2 Å². The van der Waals surface area contributed by atoms with E-state index in [0.717, 1.165) is 16.4 Å². The van der Waals surface area contributed by atoms with Gasteiger partial charge in [0.25, 0.3) is 5.91 Å². The molecule has 9 nitrogen and oxygen atoms in total. The van der Waals surface area contributed by atoms with Crippen molar-refractivity contribution in [1.82, 2.24) is 19.8 Å². The van der Waals surface area contributed by atoms with Crippen LogP contribution in [0.25, 0.3) is 0 Å². The van der Waals surface area contributed by atoms with Gasteiger partial charge >= 0.3 is 0 Å². The third kappa shape index (κ3) is 6.77. The third-order valence-electron chi connectivity index (χ3n) is 5.51. The number of rotatable bonds is 9. The molecule has 0 bridgehead atoms. The fourth-order valence-electron chi connectivity index (χ4n) is 3.76. The molecule has 1 aliphatic rings. The van der Waals surface area contributed by atoms with Gasteiger partial charge < -0.3 is 24.0 Å². The lowest BCUT2D eigenvalue weighted by atomic mass is 10.3. The van der Waals surface area contributed by atoms with E-state index in [4.69, 9.17) is 14.2 Å². The lowest BCUT2D eigenvalue weighted by Gasteiger charge is -2.24. The molecule has 10 heteroatoms. The number of aryl methyl sites for hydroxylation is 1. The summed E-state index contributed by atoms with van der Waals surface area (Å²) < 4.78 is 17.1. The van der Waals surface area contributed by atoms with Crippen LogP contribution in [0.5, 0.6) is 11.5 Å². The molecular weight excluding hydrogens is 468 g/mol. The maximum atomic E-state index is 13.1. The summed E-state index contributed by atoms with van der Waals surface area (Å²) in [5, 5.41) is 2.89. The molecular formula is C25H28N4O5S. The van der Waals surface area contributed by atoms with Crippen molar-refractivity contribution in [3.05, 3.63) is 70.4 Å². The van der Waals surface area contributed by atoms with Crippen LogP contribution in [0.4, 0.5) is 0 Å². The zero-order valence-corrected chi connectivity index (χ0v) is 20.6. The number of nitrogens with zero attached hydrogens (tertiary/aromatic N) is 4. The molecule has 0 unspecified atom stereocenters. The Bertz CT molecular complexity index is 1140. The van der Waals surface area contributed by atoms with Gasteiger partial charge in [0, 0.05) is 24.7 Å². The van der Waals surface area contributed by atoms with E-state index in [1.165, 1.54) is 4.90 Å². The van der Waals surface area contributed by atoms with Crippen molar-refractivity contribution in [3.8, 4) is 11.5 Å². The first kappa shape index (κ1) is 24.6. The number of carbonyl (C=O) groups excluding carboxylic acids is 2. The summed E-state index contributed by atoms with van der Waals surface area (Å²) in [6.45, 7) is 2.92. The zero-order valence-electron chi connectivity index (χ0n) is 19.8. The Kier molecular flexibility index (Phi) is 8.27. The quantitative estimate of drug-likeness (QED) is 0.450. The highest BCUT2D eigenvalue weighted by Crippen LogP contribution is 2.26. The molecule has 3 aromatic rings. The summed E-state index contributed by atoms with van der Waals surface area (Å²) in [6.07, 6.45) is 1.32. The Hall–Kier alpha value is -3.50. The number of aromatic nitrogens is 2. The van der Waals surface area contributed by atoms with Crippen LogP contribution in [-0.4, -0.2) is 71.0 Å². The molecule has 3 heterocycles. The van der Waals surface area contributed by atoms with Crippen molar-refractivity contribution >= 4 is 23.2 Å². The van der Waals surface area contributed by atoms with Gasteiger partial charge in [-0.05, 0) is 31.2 Å². The van der Waals surface area contributed by atoms with Gasteiger partial charge in [-0.3, -0.25) is 14.6 Å². The number of benzene rings is 1. The van der Waals surface area contributed by atoms with Crippen LogP contribution in [0, 0.1) is 6.92 Å². The number of hydrogen-bond acceptors (Lipinski definition) is 8. The van der Waals surface area contributed by atoms with Crippen LogP contribution in [0.3, 0.4) is 0 Å². The molecule has 0 N–H and O–H groups in total. The summed E-state index contributed by atoms with van der Waals surface area (Å²) >= 11 is 1.54. The highest BCUT2D eigenvalue weighted by molar-refractivity contribution is 7.09. The number of ether oxygens (including phenoxy) is 3. The molecule has 184 valence electrons. The van der Waals surface area contributed by atoms with Crippen LogP contribution in [0.2, 0.25) is 0 Å². The van der Waals surface area contributed by atoms with Crippen LogP contribution < -0.4 is 9.47 Å². The number of amides is 2. The average molecular weight is 497 g/mol. The van der Waals surface area contributed by atoms with Gasteiger partial charge in [-0.15, -0.1) is 11.3 Å². The predicted molar refractivity (Wildman–Crippen MR) is 130 cm³/mol. The first-order chi connectivity index (χ1) is 17.0. The lowest BCUT2D eigenvalue weighted by Crippen LogP contribution is -2.42. The molecule has 1 aromatic carbocycles. The molecule has 1 aliphatic heterocycles. The van der Waals surface area contributed by atoms with E-state index in [0.29, 0.717) is 24.6 Å². The maximum absolute atomic E-state index is 13.1. The Balaban J connectivity index is 1.45. The number of thiazole rings is 1. The van der Waals surface area contributed by atoms with E-state index in [1.807, 2.05) is 36.6 Å². The molecule has 1 atom stereocenters. The molecule has 0 saturated carbocycles. The first-order valence-electron chi connectivity index (χ1n) is 11.3. The van der Waals surface area contributed by atoms with Crippen molar-refractivity contribution in [2.75, 3.05) is 33.4 Å². The van der Waals surface area contributed by atoms with Crippen molar-refractivity contribution in [2.24, 2.45) is 0 Å². The standard InChI is InChI=1S/C25H28N4O5S/c1-18-27-20(17-35-18)11-28-12-21(33-15-19-7-5-6-10-26-19)13-29(14-24(28)30)25(31)16-34-23-9-4-3-8-22(23)32-2/h3-10,17,21H,11-16H2,1-2H3/t21-/m1/s1. The first-order valence-corrected chi connectivity index (χ1v) is 12.1. The van der Waals surface area contributed by atoms with Crippen LogP contribution >= 0.6 is 11.3 Å². The molecule has 4 rings (SSSR count). The normalized spacial score (nSPS) is 16.2. The second-order valence-electron chi connectivity index (χ2n) is 8.10. The third-order valence-corrected chi connectivity index (χ3v) is 6.33. The van der Waals surface area contributed by atoms with E-state index in [-0.39, 0.29) is 38.1 Å². The SMILES string of the molecule is COc1ccccc1OCC(=O)N1CC(=O)N(Cc2csc(C)n2)C[C@@H](OCc2ccccn2)C1. The topological polar surface area (TPSA) is 94.1 Å². The average Bonchev–Trinajstić information content (AvgIpc) is 3.22. The molecule has 0 spiro atoms. The summed E-state index contributed by atoms with van der Waals surface area (Å²) in [5.41, 5.74) is 1.60. The van der Waals surface area contributed by atoms with Crippen molar-refractivity contribution < 1.29 is 23.8 Å². The van der Waals surface area contributed by atoms with Crippen molar-refractivity contribution in [3.63, 3.8) is 0 Å². The number of methoxy groups -OCH3 is 1. The minimum absolute atomic E-state index is 0.0549. The predicted octanol–water partition coefficient (Wildman–Crippen LogP) is 2.69. The molecule has 2 aromatic heterocycles. The van der Waals surface area contributed by atoms with Crippen LogP contribution in [0.15, 0.2) is 54.0 Å². The van der Waals surface area contributed by atoms with E-state index >= 15 is 0 Å². The fourth-order valence-corrected chi connectivity index (χ4v) is 4.36. The van der Waals surface area contributed by atoms with Gasteiger partial charge in [0.1, 0.15) is 0 Å². The number of carbonyl (C=O) groups is 2. The molecule has 1 fully saturated rings. The molecule has 0 radical (unpaired) electrons. The van der Waals surface area contributed by atoms with Gasteiger partial charge in [0.15, 0.2) is 18.1 Å². The minimum atomic E-state index is -0.390. The number of para-hydroxylation sites is 2. The van der Waals surface area contributed by atoms with Gasteiger partial charge in [-0.1, -0.05) is 18.2 Å². The highest BCUT2D eigenvalue weighted by atomic mass is 32.1. The Morgan fingerprint density at radius 1 is 1.11 bits per heavy atom. The van der Waals surface area contributed by atoms with E-state index in [1.54, 1.807) is 47.7 Å². The number of hydrogen-bond donors (Lipinski definition) is 0. The molecule has 35 heavy (non-hydrogen) atoms. The molecule has 1 saturated heterocycles. The largest absolute Gasteiger partial charge is 0.493 e. The van der Waals surface area contributed by atoms with E-state index in [2.05, 4.69) is 9.97 Å². The second-order valence-corrected chi connectivity index (χ2v) is 9.16. The summed E-state index contributed by atoms with van der Waals surface area (Å²) in [7, 11) is 1.54. The minimum Gasteiger partial charge on any atom is -0.493 e. The summed E-state index contributed by atoms with van der Waals surface area (Å²) in [5.74, 6) is 0.536. The monoisotopic (exact) mass is 496 g/mol.